The topological polar surface area (TPSA) is 17.1 Å². The van der Waals surface area contributed by atoms with Crippen LogP contribution in [-0.4, -0.2) is 11.5 Å². The van der Waals surface area contributed by atoms with E-state index >= 15 is 0 Å². The van der Waals surface area contributed by atoms with Crippen LogP contribution in [0.1, 0.15) is 24.8 Å². The molecule has 2 heteroatoms. The number of carbonyl (C=O) groups is 1. The number of hydrogen-bond acceptors (Lipinski definition) is 2. The summed E-state index contributed by atoms with van der Waals surface area (Å²) in [5.74, 6) is 1.82. The number of carbonyl (C=O) groups excluding carboxylic acids is 1. The summed E-state index contributed by atoms with van der Waals surface area (Å²) in [6, 6.07) is 8.39. The molecule has 0 aliphatic carbocycles. The summed E-state index contributed by atoms with van der Waals surface area (Å²) in [7, 11) is 0. The Balaban J connectivity index is 2.23. The molecule has 68 valence electrons. The number of Topliss-reactive ketones (excluding diaryl/α,β-unsaturated/α-hetero) is 1. The first-order valence-corrected chi connectivity index (χ1v) is 5.47. The largest absolute Gasteiger partial charge is 0.300 e. The summed E-state index contributed by atoms with van der Waals surface area (Å²) in [5.41, 5.74) is 1.36. The van der Waals surface area contributed by atoms with Crippen LogP contribution in [0.5, 0.6) is 0 Å². The summed E-state index contributed by atoms with van der Waals surface area (Å²) in [6.45, 7) is 1.67. The Morgan fingerprint density at radius 3 is 3.08 bits per heavy atom. The van der Waals surface area contributed by atoms with E-state index in [4.69, 9.17) is 0 Å². The molecule has 1 aliphatic heterocycles. The van der Waals surface area contributed by atoms with Crippen LogP contribution in [0.2, 0.25) is 0 Å². The molecule has 0 N–H and O–H groups in total. The first-order chi connectivity index (χ1) is 6.27. The van der Waals surface area contributed by atoms with E-state index in [1.807, 2.05) is 11.8 Å². The van der Waals surface area contributed by atoms with Crippen molar-refractivity contribution in [1.29, 1.82) is 0 Å². The van der Waals surface area contributed by atoms with Gasteiger partial charge in [0.15, 0.2) is 0 Å². The molecule has 1 heterocycles. The van der Waals surface area contributed by atoms with E-state index in [1.165, 1.54) is 10.5 Å². The van der Waals surface area contributed by atoms with Crippen LogP contribution in [0, 0.1) is 0 Å². The fraction of sp³-hybridized carbons (Fsp3) is 0.364. The molecule has 0 saturated carbocycles. The van der Waals surface area contributed by atoms with Crippen molar-refractivity contribution in [1.82, 2.24) is 0 Å². The van der Waals surface area contributed by atoms with E-state index in [9.17, 15) is 4.79 Å². The highest BCUT2D eigenvalue weighted by Gasteiger charge is 2.23. The molecule has 0 spiro atoms. The van der Waals surface area contributed by atoms with Gasteiger partial charge < -0.3 is 4.79 Å². The Hall–Kier alpha value is -0.760. The quantitative estimate of drug-likeness (QED) is 0.716. The Morgan fingerprint density at radius 2 is 2.31 bits per heavy atom. The Morgan fingerprint density at radius 1 is 1.54 bits per heavy atom. The Bertz CT molecular complexity index is 333. The molecule has 1 unspecified atom stereocenters. The molecule has 0 bridgehead atoms. The molecular weight excluding hydrogens is 180 g/mol. The molecule has 0 aromatic heterocycles. The van der Waals surface area contributed by atoms with Crippen molar-refractivity contribution < 1.29 is 4.79 Å². The summed E-state index contributed by atoms with van der Waals surface area (Å²) in [6.07, 6.45) is 0.698. The van der Waals surface area contributed by atoms with Crippen molar-refractivity contribution in [2.75, 3.05) is 5.75 Å². The Kier molecular flexibility index (Phi) is 2.40. The van der Waals surface area contributed by atoms with Crippen LogP contribution in [0.25, 0.3) is 0 Å². The normalized spacial score (nSPS) is 19.9. The summed E-state index contributed by atoms with van der Waals surface area (Å²) >= 11 is 1.87. The molecule has 2 rings (SSSR count). The number of thioether (sulfide) groups is 1. The second-order valence-corrected chi connectivity index (χ2v) is 4.51. The Labute approximate surface area is 82.5 Å². The van der Waals surface area contributed by atoms with Crippen molar-refractivity contribution >= 4 is 17.5 Å². The molecule has 13 heavy (non-hydrogen) atoms. The molecule has 0 saturated heterocycles. The van der Waals surface area contributed by atoms with Gasteiger partial charge in [-0.15, -0.1) is 11.8 Å². The van der Waals surface area contributed by atoms with Crippen molar-refractivity contribution in [3.63, 3.8) is 0 Å². The molecule has 0 amide bonds. The molecule has 1 aromatic carbocycles. The van der Waals surface area contributed by atoms with E-state index in [-0.39, 0.29) is 0 Å². The van der Waals surface area contributed by atoms with E-state index in [2.05, 4.69) is 24.3 Å². The second kappa shape index (κ2) is 3.54. The van der Waals surface area contributed by atoms with Gasteiger partial charge in [0.2, 0.25) is 0 Å². The average Bonchev–Trinajstić information content (AvgIpc) is 2.48. The predicted octanol–water partition coefficient (Wildman–Crippen LogP) is 2.86. The number of benzene rings is 1. The third-order valence-electron chi connectivity index (χ3n) is 2.33. The third kappa shape index (κ3) is 1.78. The van der Waals surface area contributed by atoms with Gasteiger partial charge in [-0.05, 0) is 18.6 Å². The van der Waals surface area contributed by atoms with Crippen LogP contribution >= 0.6 is 11.8 Å². The van der Waals surface area contributed by atoms with Gasteiger partial charge in [0.25, 0.3) is 0 Å². The number of fused-ring (bicyclic) bond motifs is 1. The van der Waals surface area contributed by atoms with Gasteiger partial charge in [-0.25, -0.2) is 0 Å². The maximum Gasteiger partial charge on any atom is 0.130 e. The molecule has 0 fully saturated rings. The van der Waals surface area contributed by atoms with Crippen molar-refractivity contribution in [2.45, 2.75) is 24.2 Å². The summed E-state index contributed by atoms with van der Waals surface area (Å²) in [4.78, 5) is 12.4. The molecule has 1 aliphatic rings. The van der Waals surface area contributed by atoms with Crippen LogP contribution in [0.4, 0.5) is 0 Å². The highest BCUT2D eigenvalue weighted by Crippen LogP contribution is 2.40. The smallest absolute Gasteiger partial charge is 0.130 e. The van der Waals surface area contributed by atoms with Gasteiger partial charge in [0, 0.05) is 23.0 Å². The lowest BCUT2D eigenvalue weighted by molar-refractivity contribution is -0.117. The van der Waals surface area contributed by atoms with E-state index in [0.717, 1.165) is 5.75 Å². The first kappa shape index (κ1) is 8.82. The predicted molar refractivity (Wildman–Crippen MR) is 55.2 cm³/mol. The summed E-state index contributed by atoms with van der Waals surface area (Å²) < 4.78 is 0. The van der Waals surface area contributed by atoms with Gasteiger partial charge in [0.1, 0.15) is 5.78 Å². The van der Waals surface area contributed by atoms with E-state index in [0.29, 0.717) is 18.1 Å². The maximum atomic E-state index is 11.0. The van der Waals surface area contributed by atoms with Gasteiger partial charge >= 0.3 is 0 Å². The minimum absolute atomic E-state index is 0.294. The van der Waals surface area contributed by atoms with Crippen molar-refractivity contribution in [3.8, 4) is 0 Å². The highest BCUT2D eigenvalue weighted by atomic mass is 32.2. The minimum atomic E-state index is 0.294. The minimum Gasteiger partial charge on any atom is -0.300 e. The third-order valence-corrected chi connectivity index (χ3v) is 3.58. The van der Waals surface area contributed by atoms with Gasteiger partial charge in [-0.1, -0.05) is 18.2 Å². The lowest BCUT2D eigenvalue weighted by Crippen LogP contribution is -2.02. The number of hydrogen-bond donors (Lipinski definition) is 0. The lowest BCUT2D eigenvalue weighted by atomic mass is 9.96. The van der Waals surface area contributed by atoms with Gasteiger partial charge in [0.05, 0.1) is 0 Å². The zero-order valence-electron chi connectivity index (χ0n) is 7.62. The second-order valence-electron chi connectivity index (χ2n) is 3.45. The van der Waals surface area contributed by atoms with Crippen molar-refractivity contribution in [3.05, 3.63) is 29.8 Å². The van der Waals surface area contributed by atoms with E-state index < -0.39 is 0 Å². The number of ketones is 1. The van der Waals surface area contributed by atoms with Crippen LogP contribution < -0.4 is 0 Å². The fourth-order valence-electron chi connectivity index (χ4n) is 1.75. The number of rotatable bonds is 2. The first-order valence-electron chi connectivity index (χ1n) is 4.48. The van der Waals surface area contributed by atoms with Crippen LogP contribution in [0.3, 0.4) is 0 Å². The molecular formula is C11H12OS. The zero-order chi connectivity index (χ0) is 9.26. The van der Waals surface area contributed by atoms with Gasteiger partial charge in [-0.2, -0.15) is 0 Å². The lowest BCUT2D eigenvalue weighted by Gasteiger charge is -2.06. The van der Waals surface area contributed by atoms with Gasteiger partial charge in [-0.3, -0.25) is 0 Å². The monoisotopic (exact) mass is 192 g/mol. The average molecular weight is 192 g/mol. The molecule has 1 nitrogen and oxygen atoms in total. The highest BCUT2D eigenvalue weighted by molar-refractivity contribution is 7.99. The zero-order valence-corrected chi connectivity index (χ0v) is 8.43. The molecule has 0 radical (unpaired) electrons. The fourth-order valence-corrected chi connectivity index (χ4v) is 3.00. The van der Waals surface area contributed by atoms with E-state index in [1.54, 1.807) is 6.92 Å². The maximum absolute atomic E-state index is 11.0. The molecule has 1 aromatic rings. The van der Waals surface area contributed by atoms with Crippen molar-refractivity contribution in [2.24, 2.45) is 0 Å². The standard InChI is InChI=1S/C11H12OS/c1-8(12)6-9-7-13-11-5-3-2-4-10(9)11/h2-5,9H,6-7H2,1H3. The SMILES string of the molecule is CC(=O)CC1CSc2ccccc21. The summed E-state index contributed by atoms with van der Waals surface area (Å²) in [5, 5.41) is 0. The van der Waals surface area contributed by atoms with Crippen LogP contribution in [0.15, 0.2) is 29.2 Å². The molecule has 1 atom stereocenters. The van der Waals surface area contributed by atoms with Crippen LogP contribution in [-0.2, 0) is 4.79 Å².